The van der Waals surface area contributed by atoms with Gasteiger partial charge in [0.15, 0.2) is 5.78 Å². The van der Waals surface area contributed by atoms with Crippen LogP contribution in [0.2, 0.25) is 10.0 Å². The van der Waals surface area contributed by atoms with Gasteiger partial charge in [0.25, 0.3) is 0 Å². The van der Waals surface area contributed by atoms with Gasteiger partial charge >= 0.3 is 0 Å². The molecule has 236 valence electrons. The third-order valence-corrected chi connectivity index (χ3v) is 10.6. The third kappa shape index (κ3) is 4.01. The Labute approximate surface area is 288 Å². The number of ether oxygens (including phenoxy) is 1. The van der Waals surface area contributed by atoms with Crippen LogP contribution >= 0.6 is 23.2 Å². The molecule has 5 nitrogen and oxygen atoms in total. The molecule has 3 aliphatic rings. The minimum absolute atomic E-state index is 0.208. The molecule has 2 fully saturated rings. The van der Waals surface area contributed by atoms with Crippen LogP contribution in [0.3, 0.4) is 0 Å². The lowest BCUT2D eigenvalue weighted by Crippen LogP contribution is -2.45. The molecule has 7 heteroatoms. The Bertz CT molecular complexity index is 1990. The number of Topliss-reactive ketones (excluding diaryl/α,β-unsaturated/α-hetero) is 1. The molecule has 1 saturated heterocycles. The average molecular weight is 671 g/mol. The van der Waals surface area contributed by atoms with Gasteiger partial charge in [-0.15, -0.1) is 0 Å². The summed E-state index contributed by atoms with van der Waals surface area (Å²) in [6, 6.07) is 40.6. The number of carbonyl (C=O) groups is 3. The van der Waals surface area contributed by atoms with E-state index < -0.39 is 34.5 Å². The fraction of sp³-hybridized carbons (Fsp3) is 0.146. The Morgan fingerprint density at radius 1 is 0.583 bits per heavy atom. The zero-order valence-electron chi connectivity index (χ0n) is 25.9. The van der Waals surface area contributed by atoms with Crippen LogP contribution in [0.15, 0.2) is 133 Å². The van der Waals surface area contributed by atoms with Gasteiger partial charge in [0.1, 0.15) is 5.75 Å². The molecule has 0 N–H and O–H groups in total. The minimum Gasteiger partial charge on any atom is -0.494 e. The summed E-state index contributed by atoms with van der Waals surface area (Å²) in [5.41, 5.74) is 1.64. The van der Waals surface area contributed by atoms with E-state index in [2.05, 4.69) is 0 Å². The zero-order valence-corrected chi connectivity index (χ0v) is 27.4. The molecule has 1 saturated carbocycles. The van der Waals surface area contributed by atoms with Gasteiger partial charge in [-0.25, -0.2) is 4.90 Å². The molecule has 0 unspecified atom stereocenters. The number of fused-ring (bicyclic) bond motifs is 5. The Morgan fingerprint density at radius 3 is 1.40 bits per heavy atom. The molecule has 2 bridgehead atoms. The highest BCUT2D eigenvalue weighted by Gasteiger charge is 2.82. The van der Waals surface area contributed by atoms with E-state index in [0.29, 0.717) is 50.4 Å². The largest absolute Gasteiger partial charge is 0.494 e. The van der Waals surface area contributed by atoms with Crippen LogP contribution in [0, 0.1) is 11.8 Å². The van der Waals surface area contributed by atoms with Crippen molar-refractivity contribution in [3.8, 4) is 5.75 Å². The summed E-state index contributed by atoms with van der Waals surface area (Å²) in [5.74, 6) is -2.50. The van der Waals surface area contributed by atoms with Crippen molar-refractivity contribution in [1.82, 2.24) is 0 Å². The molecule has 1 aliphatic heterocycles. The van der Waals surface area contributed by atoms with Crippen LogP contribution in [-0.2, 0) is 25.2 Å². The molecule has 48 heavy (non-hydrogen) atoms. The summed E-state index contributed by atoms with van der Waals surface area (Å²) in [4.78, 5) is 47.4. The molecular formula is C41H29Cl2NO4. The Balaban J connectivity index is 1.51. The lowest BCUT2D eigenvalue weighted by Gasteiger charge is -2.39. The standard InChI is InChI=1S/C41H29Cl2NO4/c1-2-48-32-23-21-31(22-24-32)44-37(45)35-36(38(44)46)41(28-15-19-30(43)20-16-28)34(26-11-7-4-8-12-26)33(25-9-5-3-6-10-25)40(35,39(41)47)27-13-17-29(42)18-14-27/h3-24,35-36H,2H2,1H3/t35-,36-,40+,41+/m1/s1. The molecule has 2 aliphatic carbocycles. The molecular weight excluding hydrogens is 641 g/mol. The fourth-order valence-electron chi connectivity index (χ4n) is 8.47. The van der Waals surface area contributed by atoms with E-state index in [1.807, 2.05) is 91.9 Å². The van der Waals surface area contributed by atoms with E-state index in [1.165, 1.54) is 4.90 Å². The number of imide groups is 1. The number of benzene rings is 5. The van der Waals surface area contributed by atoms with E-state index in [1.54, 1.807) is 48.5 Å². The second-order valence-electron chi connectivity index (χ2n) is 12.3. The summed E-state index contributed by atoms with van der Waals surface area (Å²) >= 11 is 12.8. The van der Waals surface area contributed by atoms with Crippen molar-refractivity contribution in [3.63, 3.8) is 0 Å². The van der Waals surface area contributed by atoms with Gasteiger partial charge in [-0.2, -0.15) is 0 Å². The topological polar surface area (TPSA) is 63.7 Å². The fourth-order valence-corrected chi connectivity index (χ4v) is 8.72. The van der Waals surface area contributed by atoms with Crippen molar-refractivity contribution >= 4 is 57.6 Å². The Kier molecular flexibility index (Phi) is 7.17. The lowest BCUT2D eigenvalue weighted by atomic mass is 9.59. The third-order valence-electron chi connectivity index (χ3n) is 10.1. The molecule has 5 aromatic carbocycles. The van der Waals surface area contributed by atoms with Crippen molar-refractivity contribution in [2.45, 2.75) is 17.8 Å². The van der Waals surface area contributed by atoms with Gasteiger partial charge in [-0.3, -0.25) is 14.4 Å². The van der Waals surface area contributed by atoms with Crippen LogP contribution in [-0.4, -0.2) is 24.2 Å². The van der Waals surface area contributed by atoms with Crippen molar-refractivity contribution in [3.05, 3.63) is 166 Å². The summed E-state index contributed by atoms with van der Waals surface area (Å²) in [6.45, 7) is 2.38. The Hall–Kier alpha value is -4.97. The summed E-state index contributed by atoms with van der Waals surface area (Å²) in [7, 11) is 0. The van der Waals surface area contributed by atoms with E-state index in [9.17, 15) is 0 Å². The smallest absolute Gasteiger partial charge is 0.239 e. The highest BCUT2D eigenvalue weighted by atomic mass is 35.5. The van der Waals surface area contributed by atoms with Crippen LogP contribution in [0.25, 0.3) is 11.1 Å². The number of ketones is 1. The molecule has 0 radical (unpaired) electrons. The molecule has 0 spiro atoms. The first kappa shape index (κ1) is 30.4. The maximum atomic E-state index is 16.0. The maximum Gasteiger partial charge on any atom is 0.239 e. The van der Waals surface area contributed by atoms with Crippen LogP contribution in [0.4, 0.5) is 5.69 Å². The summed E-state index contributed by atoms with van der Waals surface area (Å²) in [6.07, 6.45) is 0. The Morgan fingerprint density at radius 2 is 1.00 bits per heavy atom. The molecule has 8 rings (SSSR count). The first-order valence-electron chi connectivity index (χ1n) is 15.9. The molecule has 2 amide bonds. The van der Waals surface area contributed by atoms with E-state index >= 15 is 14.4 Å². The van der Waals surface area contributed by atoms with Crippen molar-refractivity contribution in [2.24, 2.45) is 11.8 Å². The number of rotatable bonds is 7. The number of hydrogen-bond donors (Lipinski definition) is 0. The van der Waals surface area contributed by atoms with Crippen molar-refractivity contribution < 1.29 is 19.1 Å². The first-order chi connectivity index (χ1) is 23.3. The molecule has 4 atom stereocenters. The predicted molar refractivity (Wildman–Crippen MR) is 188 cm³/mol. The van der Waals surface area contributed by atoms with E-state index in [0.717, 1.165) is 11.1 Å². The second kappa shape index (κ2) is 11.3. The maximum absolute atomic E-state index is 16.0. The van der Waals surface area contributed by atoms with Crippen LogP contribution in [0.5, 0.6) is 5.75 Å². The lowest BCUT2D eigenvalue weighted by molar-refractivity contribution is -0.130. The molecule has 5 aromatic rings. The average Bonchev–Trinajstić information content (AvgIpc) is 3.62. The van der Waals surface area contributed by atoms with Gasteiger partial charge in [-0.05, 0) is 88.9 Å². The number of carbonyl (C=O) groups excluding carboxylic acids is 3. The van der Waals surface area contributed by atoms with E-state index in [-0.39, 0.29) is 5.78 Å². The van der Waals surface area contributed by atoms with Crippen LogP contribution < -0.4 is 9.64 Å². The van der Waals surface area contributed by atoms with Gasteiger partial charge in [0.05, 0.1) is 35.0 Å². The normalized spacial score (nSPS) is 24.4. The number of hydrogen-bond acceptors (Lipinski definition) is 4. The van der Waals surface area contributed by atoms with E-state index in [4.69, 9.17) is 27.9 Å². The summed E-state index contributed by atoms with van der Waals surface area (Å²) in [5, 5.41) is 0.995. The quantitative estimate of drug-likeness (QED) is 0.163. The number of halogens is 2. The van der Waals surface area contributed by atoms with Gasteiger partial charge in [0.2, 0.25) is 11.8 Å². The van der Waals surface area contributed by atoms with Crippen LogP contribution in [0.1, 0.15) is 29.2 Å². The second-order valence-corrected chi connectivity index (χ2v) is 13.2. The number of nitrogens with zero attached hydrogens (tertiary/aromatic N) is 1. The van der Waals surface area contributed by atoms with Crippen molar-refractivity contribution in [1.29, 1.82) is 0 Å². The number of amides is 2. The molecule has 0 aromatic heterocycles. The zero-order chi connectivity index (χ0) is 33.2. The first-order valence-corrected chi connectivity index (χ1v) is 16.6. The monoisotopic (exact) mass is 669 g/mol. The highest BCUT2D eigenvalue weighted by molar-refractivity contribution is 6.39. The highest BCUT2D eigenvalue weighted by Crippen LogP contribution is 2.74. The summed E-state index contributed by atoms with van der Waals surface area (Å²) < 4.78 is 5.64. The SMILES string of the molecule is CCOc1ccc(N2C(=O)[C@H]3[C@H](C2=O)[C@@]2(c4ccc(Cl)cc4)C(=O)[C@@]3(c3ccc(Cl)cc3)C(c3ccccc3)=C2c2ccccc2)cc1. The van der Waals surface area contributed by atoms with Gasteiger partial charge in [-0.1, -0.05) is 108 Å². The van der Waals surface area contributed by atoms with Gasteiger partial charge < -0.3 is 4.74 Å². The predicted octanol–water partition coefficient (Wildman–Crippen LogP) is 8.58. The van der Waals surface area contributed by atoms with Crippen molar-refractivity contribution in [2.75, 3.05) is 11.5 Å². The number of allylic oxidation sites excluding steroid dienone is 2. The minimum atomic E-state index is -1.52. The van der Waals surface area contributed by atoms with Gasteiger partial charge in [0, 0.05) is 10.0 Å². The number of anilines is 1. The molecule has 1 heterocycles.